The molecule has 31 heavy (non-hydrogen) atoms. The van der Waals surface area contributed by atoms with Gasteiger partial charge in [0, 0.05) is 11.4 Å². The SMILES string of the molecule is O=C(COCc1ccccc1)Nc1cccc(C2SCC(=O)N2c2ccc(F)cc2)c1. The zero-order valence-electron chi connectivity index (χ0n) is 16.7. The van der Waals surface area contributed by atoms with Crippen LogP contribution >= 0.6 is 11.8 Å². The van der Waals surface area contributed by atoms with Crippen molar-refractivity contribution in [3.05, 3.63) is 95.8 Å². The number of halogens is 1. The van der Waals surface area contributed by atoms with Crippen molar-refractivity contribution in [3.63, 3.8) is 0 Å². The number of amides is 2. The molecule has 1 aliphatic heterocycles. The van der Waals surface area contributed by atoms with Crippen LogP contribution in [0, 0.1) is 5.82 Å². The summed E-state index contributed by atoms with van der Waals surface area (Å²) < 4.78 is 18.8. The van der Waals surface area contributed by atoms with Gasteiger partial charge in [-0.1, -0.05) is 42.5 Å². The predicted octanol–water partition coefficient (Wildman–Crippen LogP) is 4.76. The number of hydrogen-bond acceptors (Lipinski definition) is 4. The second kappa shape index (κ2) is 9.76. The summed E-state index contributed by atoms with van der Waals surface area (Å²) in [5.74, 6) is -0.297. The molecule has 1 N–H and O–H groups in total. The predicted molar refractivity (Wildman–Crippen MR) is 120 cm³/mol. The van der Waals surface area contributed by atoms with Crippen molar-refractivity contribution < 1.29 is 18.7 Å². The summed E-state index contributed by atoms with van der Waals surface area (Å²) in [5, 5.41) is 2.59. The van der Waals surface area contributed by atoms with Gasteiger partial charge in [-0.05, 0) is 47.5 Å². The highest BCUT2D eigenvalue weighted by Crippen LogP contribution is 2.42. The van der Waals surface area contributed by atoms with Crippen molar-refractivity contribution in [1.82, 2.24) is 0 Å². The van der Waals surface area contributed by atoms with E-state index in [0.717, 1.165) is 11.1 Å². The van der Waals surface area contributed by atoms with Crippen molar-refractivity contribution in [2.24, 2.45) is 0 Å². The average Bonchev–Trinajstić information content (AvgIpc) is 3.17. The highest BCUT2D eigenvalue weighted by atomic mass is 32.2. The fraction of sp³-hybridized carbons (Fsp3) is 0.167. The van der Waals surface area contributed by atoms with Gasteiger partial charge in [-0.25, -0.2) is 4.39 Å². The summed E-state index contributed by atoms with van der Waals surface area (Å²) >= 11 is 1.50. The van der Waals surface area contributed by atoms with E-state index in [1.807, 2.05) is 48.5 Å². The van der Waals surface area contributed by atoms with Gasteiger partial charge >= 0.3 is 0 Å². The molecule has 1 unspecified atom stereocenters. The average molecular weight is 437 g/mol. The quantitative estimate of drug-likeness (QED) is 0.580. The molecule has 0 radical (unpaired) electrons. The lowest BCUT2D eigenvalue weighted by Crippen LogP contribution is -2.27. The Balaban J connectivity index is 1.40. The Labute approximate surface area is 184 Å². The van der Waals surface area contributed by atoms with Crippen molar-refractivity contribution in [2.45, 2.75) is 12.0 Å². The van der Waals surface area contributed by atoms with Crippen LogP contribution in [0.5, 0.6) is 0 Å². The number of anilines is 2. The van der Waals surface area contributed by atoms with Crippen LogP contribution in [-0.2, 0) is 20.9 Å². The van der Waals surface area contributed by atoms with Gasteiger partial charge in [0.1, 0.15) is 17.8 Å². The van der Waals surface area contributed by atoms with Crippen LogP contribution < -0.4 is 10.2 Å². The molecule has 5 nitrogen and oxygen atoms in total. The van der Waals surface area contributed by atoms with E-state index in [0.29, 0.717) is 23.7 Å². The molecule has 1 saturated heterocycles. The second-order valence-electron chi connectivity index (χ2n) is 7.06. The summed E-state index contributed by atoms with van der Waals surface area (Å²) in [4.78, 5) is 26.4. The van der Waals surface area contributed by atoms with Gasteiger partial charge in [0.05, 0.1) is 12.4 Å². The van der Waals surface area contributed by atoms with Crippen LogP contribution in [0.4, 0.5) is 15.8 Å². The Morgan fingerprint density at radius 2 is 1.84 bits per heavy atom. The van der Waals surface area contributed by atoms with Crippen LogP contribution in [0.25, 0.3) is 0 Å². The minimum Gasteiger partial charge on any atom is -0.367 e. The van der Waals surface area contributed by atoms with Gasteiger partial charge in [-0.2, -0.15) is 0 Å². The molecular weight excluding hydrogens is 415 g/mol. The van der Waals surface area contributed by atoms with E-state index in [9.17, 15) is 14.0 Å². The summed E-state index contributed by atoms with van der Waals surface area (Å²) in [7, 11) is 0. The van der Waals surface area contributed by atoms with Crippen molar-refractivity contribution >= 4 is 35.0 Å². The van der Waals surface area contributed by atoms with E-state index in [1.54, 1.807) is 23.1 Å². The van der Waals surface area contributed by atoms with Crippen molar-refractivity contribution in [2.75, 3.05) is 22.6 Å². The molecule has 158 valence electrons. The van der Waals surface area contributed by atoms with Gasteiger partial charge in [-0.15, -0.1) is 11.8 Å². The third kappa shape index (κ3) is 5.31. The first kappa shape index (κ1) is 21.1. The van der Waals surface area contributed by atoms with Gasteiger partial charge in [0.2, 0.25) is 11.8 Å². The van der Waals surface area contributed by atoms with Crippen LogP contribution in [0.3, 0.4) is 0 Å². The standard InChI is InChI=1S/C24H21FN2O3S/c25-19-9-11-21(12-10-19)27-23(29)16-31-24(27)18-7-4-8-20(13-18)26-22(28)15-30-14-17-5-2-1-3-6-17/h1-13,24H,14-16H2,(H,26,28). The molecule has 3 aromatic carbocycles. The Hall–Kier alpha value is -3.16. The molecule has 0 bridgehead atoms. The smallest absolute Gasteiger partial charge is 0.250 e. The molecule has 1 aliphatic rings. The fourth-order valence-electron chi connectivity index (χ4n) is 3.35. The van der Waals surface area contributed by atoms with Gasteiger partial charge < -0.3 is 10.1 Å². The first-order valence-electron chi connectivity index (χ1n) is 9.81. The van der Waals surface area contributed by atoms with Crippen LogP contribution in [0.15, 0.2) is 78.9 Å². The maximum atomic E-state index is 13.3. The number of nitrogens with zero attached hydrogens (tertiary/aromatic N) is 1. The Kier molecular flexibility index (Phi) is 6.64. The molecule has 2 amide bonds. The van der Waals surface area contributed by atoms with E-state index in [4.69, 9.17) is 4.74 Å². The summed E-state index contributed by atoms with van der Waals surface area (Å²) in [5.41, 5.74) is 3.15. The molecule has 4 rings (SSSR count). The number of rotatable bonds is 7. The lowest BCUT2D eigenvalue weighted by Gasteiger charge is -2.24. The molecule has 0 spiro atoms. The first-order valence-corrected chi connectivity index (χ1v) is 10.9. The molecule has 7 heteroatoms. The minimum absolute atomic E-state index is 0.0367. The zero-order valence-corrected chi connectivity index (χ0v) is 17.5. The van der Waals surface area contributed by atoms with E-state index < -0.39 is 0 Å². The minimum atomic E-state index is -0.348. The third-order valence-corrected chi connectivity index (χ3v) is 5.99. The fourth-order valence-corrected chi connectivity index (χ4v) is 4.52. The molecule has 0 aromatic heterocycles. The Morgan fingerprint density at radius 3 is 2.61 bits per heavy atom. The number of thioether (sulfide) groups is 1. The number of nitrogens with one attached hydrogen (secondary N) is 1. The van der Waals surface area contributed by atoms with Crippen LogP contribution in [0.2, 0.25) is 0 Å². The topological polar surface area (TPSA) is 58.6 Å². The third-order valence-electron chi connectivity index (χ3n) is 4.77. The lowest BCUT2D eigenvalue weighted by atomic mass is 10.1. The van der Waals surface area contributed by atoms with Gasteiger partial charge in [0.25, 0.3) is 0 Å². The maximum absolute atomic E-state index is 13.3. The van der Waals surface area contributed by atoms with Gasteiger partial charge in [0.15, 0.2) is 0 Å². The molecule has 3 aromatic rings. The highest BCUT2D eigenvalue weighted by molar-refractivity contribution is 8.00. The number of ether oxygens (including phenoxy) is 1. The Bertz CT molecular complexity index is 1060. The number of benzene rings is 3. The monoisotopic (exact) mass is 436 g/mol. The zero-order chi connectivity index (χ0) is 21.6. The number of carbonyl (C=O) groups is 2. The van der Waals surface area contributed by atoms with E-state index >= 15 is 0 Å². The molecule has 0 aliphatic carbocycles. The normalized spacial score (nSPS) is 15.8. The number of hydrogen-bond donors (Lipinski definition) is 1. The molecular formula is C24H21FN2O3S. The largest absolute Gasteiger partial charge is 0.367 e. The molecule has 0 saturated carbocycles. The van der Waals surface area contributed by atoms with Crippen molar-refractivity contribution in [3.8, 4) is 0 Å². The van der Waals surface area contributed by atoms with E-state index in [2.05, 4.69) is 5.32 Å². The van der Waals surface area contributed by atoms with Crippen LogP contribution in [-0.4, -0.2) is 24.2 Å². The molecule has 1 fully saturated rings. The summed E-state index contributed by atoms with van der Waals surface area (Å²) in [6.07, 6.45) is 0. The summed E-state index contributed by atoms with van der Waals surface area (Å²) in [6, 6.07) is 22.9. The first-order chi connectivity index (χ1) is 15.1. The second-order valence-corrected chi connectivity index (χ2v) is 8.12. The van der Waals surface area contributed by atoms with Crippen molar-refractivity contribution in [1.29, 1.82) is 0 Å². The number of carbonyl (C=O) groups excluding carboxylic acids is 2. The van der Waals surface area contributed by atoms with Gasteiger partial charge in [-0.3, -0.25) is 14.5 Å². The Morgan fingerprint density at radius 1 is 1.06 bits per heavy atom. The molecule has 1 heterocycles. The molecule has 1 atom stereocenters. The van der Waals surface area contributed by atoms with Crippen LogP contribution in [0.1, 0.15) is 16.5 Å². The maximum Gasteiger partial charge on any atom is 0.250 e. The summed E-state index contributed by atoms with van der Waals surface area (Å²) in [6.45, 7) is 0.305. The van der Waals surface area contributed by atoms with E-state index in [-0.39, 0.29) is 29.6 Å². The van der Waals surface area contributed by atoms with E-state index in [1.165, 1.54) is 23.9 Å². The lowest BCUT2D eigenvalue weighted by molar-refractivity contribution is -0.121. The highest BCUT2D eigenvalue weighted by Gasteiger charge is 2.34.